The Morgan fingerprint density at radius 3 is 2.36 bits per heavy atom. The lowest BCUT2D eigenvalue weighted by molar-refractivity contribution is -0.192. The van der Waals surface area contributed by atoms with Crippen LogP contribution in [0.3, 0.4) is 0 Å². The number of nitrogens with one attached hydrogen (secondary N) is 1. The number of carboxylic acids is 1. The zero-order valence-corrected chi connectivity index (χ0v) is 22.8. The summed E-state index contributed by atoms with van der Waals surface area (Å²) in [4.78, 5) is 25.6. The molecule has 1 heterocycles. The summed E-state index contributed by atoms with van der Waals surface area (Å²) in [5.74, 6) is -3.10. The van der Waals surface area contributed by atoms with E-state index in [4.69, 9.17) is 31.0 Å². The molecule has 1 unspecified atom stereocenters. The van der Waals surface area contributed by atoms with Crippen LogP contribution in [-0.2, 0) is 9.53 Å². The van der Waals surface area contributed by atoms with Crippen LogP contribution >= 0.6 is 27.5 Å². The minimum absolute atomic E-state index is 0.00296. The fraction of sp³-hybridized carbons (Fsp3) is 0.417. The summed E-state index contributed by atoms with van der Waals surface area (Å²) in [6.07, 6.45) is -6.05. The van der Waals surface area contributed by atoms with Gasteiger partial charge >= 0.3 is 18.2 Å². The average molecular weight is 645 g/mol. The average Bonchev–Trinajstić information content (AvgIpc) is 2.89. The largest absolute Gasteiger partial charge is 0.491 e. The van der Waals surface area contributed by atoms with Crippen LogP contribution in [0.4, 0.5) is 28.0 Å². The van der Waals surface area contributed by atoms with Gasteiger partial charge in [0.15, 0.2) is 0 Å². The van der Waals surface area contributed by atoms with Crippen molar-refractivity contribution >= 4 is 45.2 Å². The summed E-state index contributed by atoms with van der Waals surface area (Å²) >= 11 is 9.05. The Balaban J connectivity index is 0.000000673. The molecular formula is C24H27BrClF4N3O6. The van der Waals surface area contributed by atoms with Crippen LogP contribution in [0.15, 0.2) is 46.9 Å². The van der Waals surface area contributed by atoms with Crippen molar-refractivity contribution in [2.24, 2.45) is 0 Å². The number of ether oxygens (including phenoxy) is 2. The van der Waals surface area contributed by atoms with E-state index in [2.05, 4.69) is 26.1 Å². The van der Waals surface area contributed by atoms with Crippen molar-refractivity contribution < 1.29 is 46.8 Å². The number of urea groups is 1. The number of amides is 2. The summed E-state index contributed by atoms with van der Waals surface area (Å²) in [6, 6.07) is 11.0. The summed E-state index contributed by atoms with van der Waals surface area (Å²) in [6.45, 7) is 3.98. The smallest absolute Gasteiger partial charge is 0.490 e. The quantitative estimate of drug-likeness (QED) is 0.345. The standard InChI is InChI=1S/C22H26BrClFN3O4.C2HF3O2/c23-16-1-3-17(4-2-16)26-22(30)28(8-7-27-9-11-31-12-10-27)14-18(29)15-32-19-5-6-20(24)21(25)13-19;3-2(4,5)1(6)7/h1-6,13,18,29H,7-12,14-15H2,(H,26,30);(H,6,7). The Labute approximate surface area is 235 Å². The molecule has 0 bridgehead atoms. The van der Waals surface area contributed by atoms with Crippen molar-refractivity contribution in [1.82, 2.24) is 9.80 Å². The lowest BCUT2D eigenvalue weighted by Crippen LogP contribution is -2.47. The third-order valence-corrected chi connectivity index (χ3v) is 6.01. The zero-order valence-electron chi connectivity index (χ0n) is 20.5. The van der Waals surface area contributed by atoms with E-state index in [1.807, 2.05) is 12.1 Å². The number of hydrogen-bond acceptors (Lipinski definition) is 6. The number of aliphatic hydroxyl groups excluding tert-OH is 1. The van der Waals surface area contributed by atoms with Crippen molar-refractivity contribution in [2.45, 2.75) is 12.3 Å². The number of morpholine rings is 1. The van der Waals surface area contributed by atoms with Gasteiger partial charge in [-0.15, -0.1) is 0 Å². The molecule has 2 amide bonds. The maximum absolute atomic E-state index is 13.6. The normalized spacial score (nSPS) is 14.5. The molecule has 2 aromatic carbocycles. The molecule has 0 saturated carbocycles. The van der Waals surface area contributed by atoms with E-state index in [9.17, 15) is 27.5 Å². The van der Waals surface area contributed by atoms with Crippen LogP contribution in [-0.4, -0.2) is 96.8 Å². The molecule has 0 aliphatic carbocycles. The fourth-order valence-corrected chi connectivity index (χ4v) is 3.55. The number of aliphatic hydroxyl groups is 1. The number of hydrogen-bond donors (Lipinski definition) is 3. The van der Waals surface area contributed by atoms with Gasteiger partial charge in [-0.2, -0.15) is 13.2 Å². The van der Waals surface area contributed by atoms with Crippen LogP contribution in [0.5, 0.6) is 5.75 Å². The van der Waals surface area contributed by atoms with Gasteiger partial charge in [-0.1, -0.05) is 27.5 Å². The van der Waals surface area contributed by atoms with Crippen LogP contribution in [0, 0.1) is 5.82 Å². The molecule has 3 rings (SSSR count). The second kappa shape index (κ2) is 15.8. The number of benzene rings is 2. The van der Waals surface area contributed by atoms with Crippen molar-refractivity contribution in [2.75, 3.05) is 57.9 Å². The summed E-state index contributed by atoms with van der Waals surface area (Å²) < 4.78 is 57.1. The number of carbonyl (C=O) groups excluding carboxylic acids is 1. The Bertz CT molecular complexity index is 1070. The third-order valence-electron chi connectivity index (χ3n) is 5.18. The minimum Gasteiger partial charge on any atom is -0.491 e. The Morgan fingerprint density at radius 2 is 1.79 bits per heavy atom. The van der Waals surface area contributed by atoms with E-state index in [0.717, 1.165) is 23.6 Å². The summed E-state index contributed by atoms with van der Waals surface area (Å²) in [5, 5.41) is 20.5. The molecule has 2 aromatic rings. The first-order chi connectivity index (χ1) is 18.3. The van der Waals surface area contributed by atoms with Gasteiger partial charge in [-0.25, -0.2) is 14.0 Å². The van der Waals surface area contributed by atoms with E-state index in [0.29, 0.717) is 32.0 Å². The maximum Gasteiger partial charge on any atom is 0.490 e. The molecule has 9 nitrogen and oxygen atoms in total. The van der Waals surface area contributed by atoms with E-state index < -0.39 is 24.1 Å². The van der Waals surface area contributed by atoms with Gasteiger partial charge in [0.2, 0.25) is 0 Å². The highest BCUT2D eigenvalue weighted by molar-refractivity contribution is 9.10. The number of halogens is 6. The van der Waals surface area contributed by atoms with Crippen LogP contribution in [0.2, 0.25) is 5.02 Å². The Hall–Kier alpha value is -2.65. The number of carbonyl (C=O) groups is 2. The van der Waals surface area contributed by atoms with Gasteiger partial charge in [0.25, 0.3) is 0 Å². The molecule has 3 N–H and O–H groups in total. The van der Waals surface area contributed by atoms with E-state index in [-0.39, 0.29) is 30.0 Å². The second-order valence-corrected chi connectivity index (χ2v) is 9.50. The van der Waals surface area contributed by atoms with Crippen molar-refractivity contribution in [3.63, 3.8) is 0 Å². The molecule has 1 fully saturated rings. The highest BCUT2D eigenvalue weighted by atomic mass is 79.9. The maximum atomic E-state index is 13.6. The highest BCUT2D eigenvalue weighted by Crippen LogP contribution is 2.20. The molecule has 1 atom stereocenters. The number of nitrogens with zero attached hydrogens (tertiary/aromatic N) is 2. The second-order valence-electron chi connectivity index (χ2n) is 8.18. The number of alkyl halides is 3. The minimum atomic E-state index is -5.08. The van der Waals surface area contributed by atoms with Gasteiger partial charge in [0.1, 0.15) is 24.3 Å². The summed E-state index contributed by atoms with van der Waals surface area (Å²) in [5.41, 5.74) is 0.650. The first kappa shape index (κ1) is 32.6. The topological polar surface area (TPSA) is 112 Å². The van der Waals surface area contributed by atoms with E-state index >= 15 is 0 Å². The van der Waals surface area contributed by atoms with Crippen LogP contribution in [0.1, 0.15) is 0 Å². The molecule has 15 heteroatoms. The molecule has 216 valence electrons. The monoisotopic (exact) mass is 643 g/mol. The lowest BCUT2D eigenvalue weighted by atomic mass is 10.3. The Morgan fingerprint density at radius 1 is 1.18 bits per heavy atom. The van der Waals surface area contributed by atoms with Crippen LogP contribution in [0.25, 0.3) is 0 Å². The summed E-state index contributed by atoms with van der Waals surface area (Å²) in [7, 11) is 0. The molecule has 1 aliphatic heterocycles. The van der Waals surface area contributed by atoms with Crippen molar-refractivity contribution in [3.05, 3.63) is 57.8 Å². The predicted molar refractivity (Wildman–Crippen MR) is 139 cm³/mol. The van der Waals surface area contributed by atoms with Gasteiger partial charge in [0, 0.05) is 42.4 Å². The third kappa shape index (κ3) is 12.4. The van der Waals surface area contributed by atoms with Gasteiger partial charge in [-0.3, -0.25) is 4.90 Å². The van der Waals surface area contributed by atoms with Crippen molar-refractivity contribution in [3.8, 4) is 5.75 Å². The molecular weight excluding hydrogens is 618 g/mol. The molecule has 1 aliphatic rings. The molecule has 0 spiro atoms. The Kier molecular flexibility index (Phi) is 13.2. The predicted octanol–water partition coefficient (Wildman–Crippen LogP) is 4.48. The lowest BCUT2D eigenvalue weighted by Gasteiger charge is -2.31. The first-order valence-corrected chi connectivity index (χ1v) is 12.7. The SMILES string of the molecule is O=C(Nc1ccc(Br)cc1)N(CCN1CCOCC1)CC(O)COc1ccc(Cl)c(F)c1.O=C(O)C(F)(F)F. The molecule has 1 saturated heterocycles. The molecule has 0 aromatic heterocycles. The zero-order chi connectivity index (χ0) is 29.0. The van der Waals surface area contributed by atoms with Crippen molar-refractivity contribution in [1.29, 1.82) is 0 Å². The van der Waals surface area contributed by atoms with Gasteiger partial charge in [0.05, 0.1) is 24.8 Å². The molecule has 39 heavy (non-hydrogen) atoms. The molecule has 0 radical (unpaired) electrons. The number of carboxylic acid groups (broad SMARTS) is 1. The van der Waals surface area contributed by atoms with E-state index in [1.54, 1.807) is 17.0 Å². The number of aliphatic carboxylic acids is 1. The van der Waals surface area contributed by atoms with Crippen LogP contribution < -0.4 is 10.1 Å². The number of rotatable bonds is 9. The number of anilines is 1. The van der Waals surface area contributed by atoms with E-state index in [1.165, 1.54) is 12.1 Å². The fourth-order valence-electron chi connectivity index (χ4n) is 3.16. The van der Waals surface area contributed by atoms with Gasteiger partial charge < -0.3 is 29.9 Å². The highest BCUT2D eigenvalue weighted by Gasteiger charge is 2.38. The first-order valence-electron chi connectivity index (χ1n) is 11.5. The van der Waals surface area contributed by atoms with Gasteiger partial charge in [-0.05, 0) is 36.4 Å².